The lowest BCUT2D eigenvalue weighted by Gasteiger charge is -2.25. The lowest BCUT2D eigenvalue weighted by atomic mass is 9.95. The van der Waals surface area contributed by atoms with Crippen molar-refractivity contribution in [2.24, 2.45) is 0 Å². The van der Waals surface area contributed by atoms with E-state index in [0.717, 1.165) is 0 Å². The van der Waals surface area contributed by atoms with E-state index < -0.39 is 17.7 Å². The normalized spacial score (nSPS) is 17.7. The van der Waals surface area contributed by atoms with E-state index in [4.69, 9.17) is 16.3 Å². The maximum Gasteiger partial charge on any atom is 0.295 e. The number of amides is 1. The van der Waals surface area contributed by atoms with Gasteiger partial charge in [0.25, 0.3) is 11.7 Å². The van der Waals surface area contributed by atoms with E-state index in [-0.39, 0.29) is 11.3 Å². The largest absolute Gasteiger partial charge is 0.507 e. The van der Waals surface area contributed by atoms with Crippen LogP contribution in [-0.4, -0.2) is 44.9 Å². The van der Waals surface area contributed by atoms with Crippen LogP contribution in [0.1, 0.15) is 23.6 Å². The summed E-state index contributed by atoms with van der Waals surface area (Å²) in [6.45, 7) is 0.992. The molecule has 2 aromatic carbocycles. The Morgan fingerprint density at radius 1 is 1.09 bits per heavy atom. The van der Waals surface area contributed by atoms with E-state index in [0.29, 0.717) is 41.4 Å². The number of aliphatic hydroxyl groups is 1. The highest BCUT2D eigenvalue weighted by molar-refractivity contribution is 6.46. The quantitative estimate of drug-likeness (QED) is 0.332. The van der Waals surface area contributed by atoms with Crippen molar-refractivity contribution in [2.45, 2.75) is 19.0 Å². The maximum absolute atomic E-state index is 13.0. The number of methoxy groups -OCH3 is 1. The van der Waals surface area contributed by atoms with Crippen molar-refractivity contribution in [1.29, 1.82) is 0 Å². The molecule has 0 radical (unpaired) electrons. The van der Waals surface area contributed by atoms with Crippen molar-refractivity contribution >= 4 is 29.1 Å². The minimum Gasteiger partial charge on any atom is -0.507 e. The second kappa shape index (κ2) is 9.28. The number of benzene rings is 2. The van der Waals surface area contributed by atoms with Crippen molar-refractivity contribution in [3.8, 4) is 5.75 Å². The number of imidazole rings is 1. The van der Waals surface area contributed by atoms with E-state index in [1.807, 2.05) is 10.8 Å². The van der Waals surface area contributed by atoms with Gasteiger partial charge in [0.05, 0.1) is 25.1 Å². The summed E-state index contributed by atoms with van der Waals surface area (Å²) in [5, 5.41) is 11.5. The van der Waals surface area contributed by atoms with Gasteiger partial charge in [-0.05, 0) is 48.4 Å². The molecule has 2 heterocycles. The van der Waals surface area contributed by atoms with Crippen molar-refractivity contribution < 1.29 is 19.4 Å². The number of aromatic nitrogens is 2. The Bertz CT molecular complexity index is 1140. The summed E-state index contributed by atoms with van der Waals surface area (Å²) in [5.41, 5.74) is 1.19. The van der Waals surface area contributed by atoms with Crippen LogP contribution < -0.4 is 4.74 Å². The molecule has 164 valence electrons. The molecule has 1 aliphatic rings. The molecule has 32 heavy (non-hydrogen) atoms. The van der Waals surface area contributed by atoms with E-state index in [1.54, 1.807) is 68.2 Å². The van der Waals surface area contributed by atoms with Gasteiger partial charge in [-0.15, -0.1) is 0 Å². The van der Waals surface area contributed by atoms with E-state index in [1.165, 1.54) is 4.90 Å². The van der Waals surface area contributed by atoms with Crippen LogP contribution in [0.25, 0.3) is 5.76 Å². The number of ether oxygens (including phenoxy) is 1. The molecular formula is C24H22ClN3O4. The van der Waals surface area contributed by atoms with Crippen molar-refractivity contribution in [1.82, 2.24) is 14.5 Å². The fourth-order valence-electron chi connectivity index (χ4n) is 3.85. The number of rotatable bonds is 7. The summed E-state index contributed by atoms with van der Waals surface area (Å²) in [6, 6.07) is 12.9. The molecule has 1 N–H and O–H groups in total. The average Bonchev–Trinajstić information content (AvgIpc) is 3.41. The standard InChI is InChI=1S/C24H22ClN3O4/c1-32-19-9-5-16(6-10-19)21-20(22(29)17-3-7-18(25)8-4-17)23(30)24(31)28(21)13-2-12-27-14-11-26-15-27/h3-11,14-15,21,29H,2,12-13H2,1H3/b22-20+/t21-/m0/s1. The number of aryl methyl sites for hydroxylation is 1. The monoisotopic (exact) mass is 451 g/mol. The first kappa shape index (κ1) is 21.6. The number of halogens is 1. The van der Waals surface area contributed by atoms with Crippen LogP contribution in [0.2, 0.25) is 5.02 Å². The molecule has 4 rings (SSSR count). The van der Waals surface area contributed by atoms with Gasteiger partial charge in [-0.3, -0.25) is 9.59 Å². The topological polar surface area (TPSA) is 84.7 Å². The summed E-state index contributed by atoms with van der Waals surface area (Å²) in [4.78, 5) is 31.5. The number of carbonyl (C=O) groups is 2. The lowest BCUT2D eigenvalue weighted by Crippen LogP contribution is -2.31. The van der Waals surface area contributed by atoms with Crippen molar-refractivity contribution in [3.05, 3.63) is 89.0 Å². The second-order valence-electron chi connectivity index (χ2n) is 7.43. The molecule has 8 heteroatoms. The van der Waals surface area contributed by atoms with Gasteiger partial charge in [0.15, 0.2) is 0 Å². The molecule has 1 atom stereocenters. The van der Waals surface area contributed by atoms with Gasteiger partial charge in [0.2, 0.25) is 0 Å². The molecule has 0 saturated carbocycles. The maximum atomic E-state index is 13.0. The summed E-state index contributed by atoms with van der Waals surface area (Å²) < 4.78 is 7.14. The SMILES string of the molecule is COc1ccc([C@H]2/C(=C(\O)c3ccc(Cl)cc3)C(=O)C(=O)N2CCCn2ccnc2)cc1. The van der Waals surface area contributed by atoms with Crippen LogP contribution in [-0.2, 0) is 16.1 Å². The molecule has 1 aliphatic heterocycles. The molecule has 0 aliphatic carbocycles. The molecule has 1 amide bonds. The average molecular weight is 452 g/mol. The molecule has 0 bridgehead atoms. The Labute approximate surface area is 190 Å². The summed E-state index contributed by atoms with van der Waals surface area (Å²) in [5.74, 6) is -0.908. The number of Topliss-reactive ketones (excluding diaryl/α,β-unsaturated/α-hetero) is 1. The number of nitrogens with zero attached hydrogens (tertiary/aromatic N) is 3. The first-order valence-electron chi connectivity index (χ1n) is 10.1. The van der Waals surface area contributed by atoms with Gasteiger partial charge in [0.1, 0.15) is 11.5 Å². The van der Waals surface area contributed by atoms with Gasteiger partial charge in [-0.1, -0.05) is 23.7 Å². The van der Waals surface area contributed by atoms with Crippen molar-refractivity contribution in [3.63, 3.8) is 0 Å². The Morgan fingerprint density at radius 3 is 2.44 bits per heavy atom. The van der Waals surface area contributed by atoms with Crippen molar-refractivity contribution in [2.75, 3.05) is 13.7 Å². The van der Waals surface area contributed by atoms with Crippen LogP contribution in [0.15, 0.2) is 72.8 Å². The van der Waals surface area contributed by atoms with Gasteiger partial charge >= 0.3 is 0 Å². The predicted molar refractivity (Wildman–Crippen MR) is 120 cm³/mol. The molecule has 0 unspecified atom stereocenters. The highest BCUT2D eigenvalue weighted by Crippen LogP contribution is 2.40. The number of ketones is 1. The van der Waals surface area contributed by atoms with E-state index >= 15 is 0 Å². The smallest absolute Gasteiger partial charge is 0.295 e. The van der Waals surface area contributed by atoms with Crippen LogP contribution >= 0.6 is 11.6 Å². The van der Waals surface area contributed by atoms with Gasteiger partial charge in [-0.25, -0.2) is 4.98 Å². The fraction of sp³-hybridized carbons (Fsp3) is 0.208. The third-order valence-electron chi connectivity index (χ3n) is 5.46. The Morgan fingerprint density at radius 2 is 1.81 bits per heavy atom. The molecular weight excluding hydrogens is 430 g/mol. The van der Waals surface area contributed by atoms with E-state index in [2.05, 4.69) is 4.98 Å². The minimum absolute atomic E-state index is 0.0603. The van der Waals surface area contributed by atoms with Crippen LogP contribution in [0, 0.1) is 0 Å². The number of aliphatic hydroxyl groups excluding tert-OH is 1. The Hall–Kier alpha value is -3.58. The fourth-order valence-corrected chi connectivity index (χ4v) is 3.98. The van der Waals surface area contributed by atoms with E-state index in [9.17, 15) is 14.7 Å². The zero-order valence-corrected chi connectivity index (χ0v) is 18.2. The third-order valence-corrected chi connectivity index (χ3v) is 5.72. The summed E-state index contributed by atoms with van der Waals surface area (Å²) >= 11 is 5.96. The Kier molecular flexibility index (Phi) is 6.28. The summed E-state index contributed by atoms with van der Waals surface area (Å²) in [6.07, 6.45) is 5.86. The molecule has 0 spiro atoms. The third kappa shape index (κ3) is 4.24. The first-order valence-corrected chi connectivity index (χ1v) is 10.5. The molecule has 7 nitrogen and oxygen atoms in total. The van der Waals surface area contributed by atoms with Gasteiger partial charge < -0.3 is 19.3 Å². The molecule has 3 aromatic rings. The minimum atomic E-state index is -0.709. The molecule has 1 fully saturated rings. The zero-order chi connectivity index (χ0) is 22.7. The van der Waals surface area contributed by atoms with Crippen LogP contribution in [0.5, 0.6) is 5.75 Å². The zero-order valence-electron chi connectivity index (χ0n) is 17.4. The highest BCUT2D eigenvalue weighted by atomic mass is 35.5. The highest BCUT2D eigenvalue weighted by Gasteiger charge is 2.45. The second-order valence-corrected chi connectivity index (χ2v) is 7.86. The van der Waals surface area contributed by atoms with Gasteiger partial charge in [-0.2, -0.15) is 0 Å². The summed E-state index contributed by atoms with van der Waals surface area (Å²) in [7, 11) is 1.57. The first-order chi connectivity index (χ1) is 15.5. The van der Waals surface area contributed by atoms with Crippen LogP contribution in [0.3, 0.4) is 0 Å². The molecule has 1 aromatic heterocycles. The Balaban J connectivity index is 1.72. The lowest BCUT2D eigenvalue weighted by molar-refractivity contribution is -0.139. The van der Waals surface area contributed by atoms with Gasteiger partial charge in [0, 0.05) is 36.1 Å². The van der Waals surface area contributed by atoms with Crippen LogP contribution in [0.4, 0.5) is 0 Å². The number of hydrogen-bond acceptors (Lipinski definition) is 5. The molecule has 1 saturated heterocycles. The predicted octanol–water partition coefficient (Wildman–Crippen LogP) is 4.06. The number of likely N-dealkylation sites (tertiary alicyclic amines) is 1. The number of hydrogen-bond donors (Lipinski definition) is 1. The number of carbonyl (C=O) groups excluding carboxylic acids is 2.